The third kappa shape index (κ3) is 8.95. The van der Waals surface area contributed by atoms with Crippen molar-refractivity contribution < 1.29 is 48.4 Å². The number of ether oxygens (including phenoxy) is 3. The first-order chi connectivity index (χ1) is 16.8. The summed E-state index contributed by atoms with van der Waals surface area (Å²) in [4.78, 5) is 35.4. The Morgan fingerprint density at radius 1 is 1.25 bits per heavy atom. The maximum atomic E-state index is 12.3. The minimum absolute atomic E-state index is 0.0169. The van der Waals surface area contributed by atoms with Gasteiger partial charge in [-0.15, -0.1) is 0 Å². The lowest BCUT2D eigenvalue weighted by molar-refractivity contribution is -0.148. The Morgan fingerprint density at radius 3 is 2.42 bits per heavy atom. The van der Waals surface area contributed by atoms with E-state index in [0.29, 0.717) is 0 Å². The molecule has 8 unspecified atom stereocenters. The molecule has 1 amide bonds. The van der Waals surface area contributed by atoms with E-state index in [0.717, 1.165) is 0 Å². The van der Waals surface area contributed by atoms with Crippen LogP contribution in [0, 0.1) is 16.7 Å². The zero-order valence-electron chi connectivity index (χ0n) is 19.5. The summed E-state index contributed by atoms with van der Waals surface area (Å²) >= 11 is 0. The van der Waals surface area contributed by atoms with Crippen molar-refractivity contribution in [2.24, 2.45) is 17.2 Å². The molecule has 36 heavy (non-hydrogen) atoms. The molecule has 1 aliphatic rings. The number of aliphatic hydroxyl groups is 2. The highest BCUT2D eigenvalue weighted by atomic mass is 31.1. The first-order valence-electron chi connectivity index (χ1n) is 10.6. The van der Waals surface area contributed by atoms with Gasteiger partial charge in [-0.25, -0.2) is 9.59 Å². The highest BCUT2D eigenvalue weighted by molar-refractivity contribution is 7.34. The number of nitriles is 1. The third-order valence-corrected chi connectivity index (χ3v) is 5.66. The van der Waals surface area contributed by atoms with Gasteiger partial charge in [-0.1, -0.05) is 0 Å². The Hall–Kier alpha value is -2.90. The lowest BCUT2D eigenvalue weighted by Crippen LogP contribution is -2.47. The van der Waals surface area contributed by atoms with Crippen LogP contribution in [0.1, 0.15) is 20.3 Å². The molecule has 1 fully saturated rings. The van der Waals surface area contributed by atoms with Crippen LogP contribution in [0.3, 0.4) is 0 Å². The first-order valence-corrected chi connectivity index (χ1v) is 11.6. The molecule has 0 spiro atoms. The van der Waals surface area contributed by atoms with Crippen LogP contribution in [-0.4, -0.2) is 94.6 Å². The van der Waals surface area contributed by atoms with Crippen molar-refractivity contribution in [1.29, 1.82) is 10.7 Å². The zero-order valence-corrected chi connectivity index (χ0v) is 20.5. The molecular weight excluding hydrogens is 503 g/mol. The minimum atomic E-state index is -1.68. The van der Waals surface area contributed by atoms with Gasteiger partial charge >= 0.3 is 11.9 Å². The standard InChI is InChI=1S/C19H31N6O10P/c1-3-32-18(31)12(24)10(22)11(23)15(28)25-16-14(27)13(26)9(34-16)6-33-19(17(29)30)36-35-8(5-20)4-7(2)21/h7-9,13-14,16,19,23,26-27,36H,3-4,6,21-22,24H2,1-2H3,(H,25,28)(H,29,30). The minimum Gasteiger partial charge on any atom is -0.479 e. The number of nitrogens with one attached hydrogen (secondary N) is 2. The highest BCUT2D eigenvalue weighted by Crippen LogP contribution is 2.27. The van der Waals surface area contributed by atoms with Crippen molar-refractivity contribution in [3.8, 4) is 6.07 Å². The van der Waals surface area contributed by atoms with Gasteiger partial charge in [0, 0.05) is 12.5 Å². The van der Waals surface area contributed by atoms with Crippen LogP contribution in [0.15, 0.2) is 11.4 Å². The normalized spacial score (nSPS) is 24.9. The summed E-state index contributed by atoms with van der Waals surface area (Å²) in [7, 11) is -0.788. The van der Waals surface area contributed by atoms with Gasteiger partial charge in [0.1, 0.15) is 35.8 Å². The highest BCUT2D eigenvalue weighted by Gasteiger charge is 2.44. The Bertz CT molecular complexity index is 894. The fraction of sp³-hybridized carbons (Fsp3) is 0.632. The number of hydrogen-bond donors (Lipinski definition) is 8. The molecule has 1 aliphatic heterocycles. The predicted octanol–water partition coefficient (Wildman–Crippen LogP) is -3.07. The number of esters is 1. The Kier molecular flexibility index (Phi) is 12.6. The van der Waals surface area contributed by atoms with E-state index in [1.54, 1.807) is 6.92 Å². The molecule has 0 aromatic heterocycles. The third-order valence-electron chi connectivity index (χ3n) is 4.62. The van der Waals surface area contributed by atoms with Gasteiger partial charge in [-0.05, 0) is 13.8 Å². The molecule has 0 aliphatic carbocycles. The number of carbonyl (C=O) groups is 3. The maximum absolute atomic E-state index is 12.3. The number of nitrogens with two attached hydrogens (primary N) is 3. The number of carboxylic acids is 1. The molecule has 0 bridgehead atoms. The summed E-state index contributed by atoms with van der Waals surface area (Å²) in [6.45, 7) is 2.62. The number of rotatable bonds is 14. The molecule has 0 aromatic rings. The summed E-state index contributed by atoms with van der Waals surface area (Å²) in [5.74, 6) is -5.14. The molecular formula is C19H31N6O10P. The molecule has 17 heteroatoms. The quantitative estimate of drug-likeness (QED) is 0.0475. The molecule has 202 valence electrons. The second kappa shape index (κ2) is 14.6. The average Bonchev–Trinajstić information content (AvgIpc) is 3.08. The number of carbonyl (C=O) groups excluding carboxylic acids is 2. The second-order valence-corrected chi connectivity index (χ2v) is 8.59. The number of carboxylic acid groups (broad SMARTS) is 1. The van der Waals surface area contributed by atoms with Gasteiger partial charge in [-0.3, -0.25) is 10.2 Å². The summed E-state index contributed by atoms with van der Waals surface area (Å²) < 4.78 is 20.4. The van der Waals surface area contributed by atoms with Crippen LogP contribution in [0.4, 0.5) is 0 Å². The molecule has 11 N–H and O–H groups in total. The molecule has 0 aromatic carbocycles. The summed E-state index contributed by atoms with van der Waals surface area (Å²) in [6, 6.07) is 1.50. The van der Waals surface area contributed by atoms with Gasteiger partial charge in [0.15, 0.2) is 12.1 Å². The monoisotopic (exact) mass is 534 g/mol. The van der Waals surface area contributed by atoms with Gasteiger partial charge in [0.25, 0.3) is 5.91 Å². The largest absolute Gasteiger partial charge is 0.479 e. The van der Waals surface area contributed by atoms with Gasteiger partial charge in [-0.2, -0.15) is 5.26 Å². The molecule has 1 saturated heterocycles. The Morgan fingerprint density at radius 2 is 1.89 bits per heavy atom. The van der Waals surface area contributed by atoms with Crippen molar-refractivity contribution >= 4 is 32.4 Å². The Labute approximate surface area is 208 Å². The van der Waals surface area contributed by atoms with Crippen LogP contribution < -0.4 is 22.5 Å². The SMILES string of the molecule is CCOC(=O)C(N)=C(N)C(=N)C(=O)NC1OC(COC(POC(C#N)CC(C)N)C(=O)O)C(O)C1O. The fourth-order valence-electron chi connectivity index (χ4n) is 2.74. The number of amides is 1. The van der Waals surface area contributed by atoms with Gasteiger partial charge in [0.2, 0.25) is 0 Å². The predicted molar refractivity (Wildman–Crippen MR) is 123 cm³/mol. The van der Waals surface area contributed by atoms with Crippen molar-refractivity contribution in [3.05, 3.63) is 11.4 Å². The molecule has 0 radical (unpaired) electrons. The number of hydrogen-bond acceptors (Lipinski definition) is 14. The molecule has 16 nitrogen and oxygen atoms in total. The molecule has 0 saturated carbocycles. The van der Waals surface area contributed by atoms with Crippen LogP contribution >= 0.6 is 8.81 Å². The molecule has 1 heterocycles. The second-order valence-electron chi connectivity index (χ2n) is 7.59. The summed E-state index contributed by atoms with van der Waals surface area (Å²) in [6.07, 6.45) is -6.87. The number of nitrogens with zero attached hydrogens (tertiary/aromatic N) is 1. The van der Waals surface area contributed by atoms with Crippen molar-refractivity contribution in [3.63, 3.8) is 0 Å². The molecule has 1 rings (SSSR count). The van der Waals surface area contributed by atoms with Crippen molar-refractivity contribution in [1.82, 2.24) is 5.32 Å². The van der Waals surface area contributed by atoms with E-state index in [4.69, 9.17) is 41.9 Å². The number of aliphatic hydroxyl groups excluding tert-OH is 2. The van der Waals surface area contributed by atoms with E-state index in [2.05, 4.69) is 10.1 Å². The van der Waals surface area contributed by atoms with E-state index in [-0.39, 0.29) is 19.1 Å². The summed E-state index contributed by atoms with van der Waals surface area (Å²) in [5.41, 5.74) is 14.4. The van der Waals surface area contributed by atoms with Gasteiger partial charge in [0.05, 0.1) is 33.8 Å². The van der Waals surface area contributed by atoms with Crippen molar-refractivity contribution in [2.45, 2.75) is 62.8 Å². The van der Waals surface area contributed by atoms with E-state index >= 15 is 0 Å². The molecule has 8 atom stereocenters. The van der Waals surface area contributed by atoms with E-state index in [9.17, 15) is 29.7 Å². The first kappa shape index (κ1) is 31.1. The van der Waals surface area contributed by atoms with Crippen LogP contribution in [0.2, 0.25) is 0 Å². The zero-order chi connectivity index (χ0) is 27.6. The summed E-state index contributed by atoms with van der Waals surface area (Å²) in [5, 5.41) is 48.7. The van der Waals surface area contributed by atoms with E-state index < -0.39 is 86.9 Å². The topological polar surface area (TPSA) is 287 Å². The van der Waals surface area contributed by atoms with Gasteiger partial charge < -0.3 is 56.6 Å². The van der Waals surface area contributed by atoms with Crippen LogP contribution in [-0.2, 0) is 33.1 Å². The lowest BCUT2D eigenvalue weighted by Gasteiger charge is -2.20. The van der Waals surface area contributed by atoms with E-state index in [1.165, 1.54) is 6.92 Å². The Balaban J connectivity index is 2.73. The smallest absolute Gasteiger partial charge is 0.356 e. The van der Waals surface area contributed by atoms with E-state index in [1.807, 2.05) is 6.07 Å². The van der Waals surface area contributed by atoms with Crippen molar-refractivity contribution in [2.75, 3.05) is 13.2 Å². The fourth-order valence-corrected chi connectivity index (χ4v) is 3.44. The number of aliphatic carboxylic acids is 1. The van der Waals surface area contributed by atoms with Crippen LogP contribution in [0.25, 0.3) is 0 Å². The lowest BCUT2D eigenvalue weighted by atomic mass is 10.1. The average molecular weight is 534 g/mol. The van der Waals surface area contributed by atoms with Crippen LogP contribution in [0.5, 0.6) is 0 Å². The maximum Gasteiger partial charge on any atom is 0.356 e.